The summed E-state index contributed by atoms with van der Waals surface area (Å²) in [5, 5.41) is 0. The van der Waals surface area contributed by atoms with Gasteiger partial charge in [-0.05, 0) is 103 Å². The average Bonchev–Trinajstić information content (AvgIpc) is 3.30. The molecular formula is C59H96O6. The lowest BCUT2D eigenvalue weighted by molar-refractivity contribution is -0.167. The van der Waals surface area contributed by atoms with E-state index in [0.717, 1.165) is 103 Å². The molecule has 0 saturated heterocycles. The summed E-state index contributed by atoms with van der Waals surface area (Å²) in [6.07, 6.45) is 70.9. The van der Waals surface area contributed by atoms with E-state index in [1.165, 1.54) is 77.0 Å². The lowest BCUT2D eigenvalue weighted by Crippen LogP contribution is -2.30. The number of esters is 3. The van der Waals surface area contributed by atoms with E-state index in [1.54, 1.807) is 0 Å². The minimum Gasteiger partial charge on any atom is -0.462 e. The van der Waals surface area contributed by atoms with Crippen LogP contribution in [0.3, 0.4) is 0 Å². The molecule has 0 heterocycles. The van der Waals surface area contributed by atoms with Crippen molar-refractivity contribution in [1.82, 2.24) is 0 Å². The topological polar surface area (TPSA) is 78.9 Å². The number of ether oxygens (including phenoxy) is 3. The Hall–Kier alpha value is -3.93. The van der Waals surface area contributed by atoms with E-state index in [2.05, 4.69) is 130 Å². The molecule has 65 heavy (non-hydrogen) atoms. The van der Waals surface area contributed by atoms with E-state index in [0.29, 0.717) is 19.3 Å². The van der Waals surface area contributed by atoms with Gasteiger partial charge in [-0.15, -0.1) is 0 Å². The van der Waals surface area contributed by atoms with E-state index in [9.17, 15) is 14.4 Å². The summed E-state index contributed by atoms with van der Waals surface area (Å²) < 4.78 is 16.7. The molecule has 0 amide bonds. The number of rotatable bonds is 46. The van der Waals surface area contributed by atoms with Crippen molar-refractivity contribution < 1.29 is 28.6 Å². The summed E-state index contributed by atoms with van der Waals surface area (Å²) in [5.74, 6) is -0.982. The molecule has 0 N–H and O–H groups in total. The molecule has 0 aromatic carbocycles. The highest BCUT2D eigenvalue weighted by atomic mass is 16.6. The maximum atomic E-state index is 12.8. The number of allylic oxidation sites excluding steroid dienone is 18. The van der Waals surface area contributed by atoms with Gasteiger partial charge < -0.3 is 14.2 Å². The molecule has 6 heteroatoms. The van der Waals surface area contributed by atoms with E-state index in [4.69, 9.17) is 14.2 Å². The number of carbonyl (C=O) groups is 3. The zero-order valence-corrected chi connectivity index (χ0v) is 42.0. The van der Waals surface area contributed by atoms with Crippen molar-refractivity contribution in [3.63, 3.8) is 0 Å². The maximum Gasteiger partial charge on any atom is 0.306 e. The fraction of sp³-hybridized carbons (Fsp3) is 0.644. The molecule has 0 spiro atoms. The van der Waals surface area contributed by atoms with Crippen molar-refractivity contribution in [2.75, 3.05) is 13.2 Å². The predicted octanol–water partition coefficient (Wildman–Crippen LogP) is 17.5. The lowest BCUT2D eigenvalue weighted by atomic mass is 10.1. The van der Waals surface area contributed by atoms with Crippen LogP contribution >= 0.6 is 0 Å². The molecule has 0 aliphatic carbocycles. The zero-order chi connectivity index (χ0) is 47.2. The highest BCUT2D eigenvalue weighted by Crippen LogP contribution is 2.13. The second kappa shape index (κ2) is 52.7. The van der Waals surface area contributed by atoms with Crippen LogP contribution < -0.4 is 0 Å². The van der Waals surface area contributed by atoms with Gasteiger partial charge in [-0.1, -0.05) is 214 Å². The van der Waals surface area contributed by atoms with Crippen molar-refractivity contribution >= 4 is 17.9 Å². The second-order valence-electron chi connectivity index (χ2n) is 17.1. The molecule has 1 unspecified atom stereocenters. The van der Waals surface area contributed by atoms with Crippen molar-refractivity contribution in [3.05, 3.63) is 109 Å². The normalized spacial score (nSPS) is 13.0. The summed E-state index contributed by atoms with van der Waals surface area (Å²) in [6.45, 7) is 6.39. The third kappa shape index (κ3) is 50.9. The fourth-order valence-electron chi connectivity index (χ4n) is 6.81. The van der Waals surface area contributed by atoms with Gasteiger partial charge in [0.25, 0.3) is 0 Å². The number of hydrogen-bond acceptors (Lipinski definition) is 6. The van der Waals surface area contributed by atoms with E-state index in [1.807, 2.05) is 0 Å². The number of unbranched alkanes of at least 4 members (excludes halogenated alkanes) is 17. The Morgan fingerprint density at radius 2 is 0.615 bits per heavy atom. The lowest BCUT2D eigenvalue weighted by Gasteiger charge is -2.18. The molecule has 0 radical (unpaired) electrons. The van der Waals surface area contributed by atoms with Crippen LogP contribution in [0.2, 0.25) is 0 Å². The molecule has 6 nitrogen and oxygen atoms in total. The Bertz CT molecular complexity index is 1360. The Morgan fingerprint density at radius 1 is 0.323 bits per heavy atom. The van der Waals surface area contributed by atoms with Gasteiger partial charge in [0.1, 0.15) is 13.2 Å². The van der Waals surface area contributed by atoms with Crippen LogP contribution in [0.25, 0.3) is 0 Å². The Kier molecular flexibility index (Phi) is 49.5. The molecule has 1 atom stereocenters. The smallest absolute Gasteiger partial charge is 0.306 e. The third-order valence-corrected chi connectivity index (χ3v) is 10.8. The van der Waals surface area contributed by atoms with E-state index >= 15 is 0 Å². The van der Waals surface area contributed by atoms with Crippen molar-refractivity contribution in [3.8, 4) is 0 Å². The van der Waals surface area contributed by atoms with Gasteiger partial charge in [-0.25, -0.2) is 0 Å². The quantitative estimate of drug-likeness (QED) is 0.0262. The average molecular weight is 901 g/mol. The number of carbonyl (C=O) groups excluding carboxylic acids is 3. The van der Waals surface area contributed by atoms with E-state index in [-0.39, 0.29) is 37.5 Å². The van der Waals surface area contributed by atoms with Gasteiger partial charge in [0.05, 0.1) is 0 Å². The molecule has 0 fully saturated rings. The monoisotopic (exact) mass is 901 g/mol. The van der Waals surface area contributed by atoms with Crippen LogP contribution in [0.4, 0.5) is 0 Å². The summed E-state index contributed by atoms with van der Waals surface area (Å²) in [4.78, 5) is 37.8. The summed E-state index contributed by atoms with van der Waals surface area (Å²) in [7, 11) is 0. The van der Waals surface area contributed by atoms with Gasteiger partial charge in [-0.2, -0.15) is 0 Å². The van der Waals surface area contributed by atoms with Crippen molar-refractivity contribution in [1.29, 1.82) is 0 Å². The minimum atomic E-state index is -0.804. The maximum absolute atomic E-state index is 12.8. The van der Waals surface area contributed by atoms with Crippen LogP contribution in [0.5, 0.6) is 0 Å². The van der Waals surface area contributed by atoms with Crippen molar-refractivity contribution in [2.45, 2.75) is 232 Å². The second-order valence-corrected chi connectivity index (χ2v) is 17.1. The first kappa shape index (κ1) is 61.1. The molecule has 0 saturated carbocycles. The Morgan fingerprint density at radius 3 is 1.03 bits per heavy atom. The van der Waals surface area contributed by atoms with Crippen LogP contribution in [0.1, 0.15) is 226 Å². The standard InChI is InChI=1S/C59H96O6/c1-4-7-10-13-16-18-20-22-24-26-27-28-29-30-31-33-34-36-38-40-43-46-49-52-58(61)64-55-56(54-63-57(60)51-48-45-42-15-12-9-6-3)65-59(62)53-50-47-44-41-39-37-35-32-25-23-21-19-17-14-11-8-5-2/h7,10,16-19,22-25,27-28,30-31,34,36,40,43,56H,4-6,8-9,11-15,20-21,26,29,32-33,35,37-39,41-42,44-55H2,1-3H3/b10-7-,18-16-,19-17-,24-22-,25-23-,28-27-,31-30-,36-34-,43-40-. The van der Waals surface area contributed by atoms with Gasteiger partial charge in [0.2, 0.25) is 0 Å². The van der Waals surface area contributed by atoms with Gasteiger partial charge in [0, 0.05) is 19.3 Å². The van der Waals surface area contributed by atoms with Crippen LogP contribution in [0.15, 0.2) is 109 Å². The molecule has 0 rings (SSSR count). The molecule has 0 bridgehead atoms. The molecule has 0 aliphatic heterocycles. The number of hydrogen-bond donors (Lipinski definition) is 0. The first-order valence-electron chi connectivity index (χ1n) is 26.4. The van der Waals surface area contributed by atoms with Crippen LogP contribution in [-0.4, -0.2) is 37.2 Å². The Balaban J connectivity index is 4.38. The minimum absolute atomic E-state index is 0.101. The summed E-state index contributed by atoms with van der Waals surface area (Å²) in [5.41, 5.74) is 0. The first-order chi connectivity index (χ1) is 32.0. The molecule has 0 aliphatic rings. The third-order valence-electron chi connectivity index (χ3n) is 10.8. The highest BCUT2D eigenvalue weighted by Gasteiger charge is 2.19. The molecule has 0 aromatic rings. The highest BCUT2D eigenvalue weighted by molar-refractivity contribution is 5.71. The van der Waals surface area contributed by atoms with Crippen molar-refractivity contribution in [2.24, 2.45) is 0 Å². The molecular weight excluding hydrogens is 805 g/mol. The molecule has 0 aromatic heterocycles. The first-order valence-corrected chi connectivity index (χ1v) is 26.4. The van der Waals surface area contributed by atoms with Gasteiger partial charge in [-0.3, -0.25) is 14.4 Å². The largest absolute Gasteiger partial charge is 0.462 e. The van der Waals surface area contributed by atoms with Crippen LogP contribution in [-0.2, 0) is 28.6 Å². The van der Waals surface area contributed by atoms with Gasteiger partial charge >= 0.3 is 17.9 Å². The van der Waals surface area contributed by atoms with Gasteiger partial charge in [0.15, 0.2) is 6.10 Å². The van der Waals surface area contributed by atoms with Crippen LogP contribution in [0, 0.1) is 0 Å². The molecule has 368 valence electrons. The van der Waals surface area contributed by atoms with E-state index < -0.39 is 6.10 Å². The zero-order valence-electron chi connectivity index (χ0n) is 42.0. The summed E-state index contributed by atoms with van der Waals surface area (Å²) >= 11 is 0. The SMILES string of the molecule is CC/C=C\C/C=C\C/C=C\C/C=C\C/C=C\C/C=C\C/C=C\CCCC(=O)OCC(COC(=O)CCCCCCCCC)OC(=O)CCCCCCCCC/C=C\C/C=C\CCCCC. The fourth-order valence-corrected chi connectivity index (χ4v) is 6.81. The summed E-state index contributed by atoms with van der Waals surface area (Å²) in [6, 6.07) is 0. The Labute approximate surface area is 400 Å². The predicted molar refractivity (Wildman–Crippen MR) is 279 cm³/mol.